The Morgan fingerprint density at radius 3 is 2.56 bits per heavy atom. The fraction of sp³-hybridized carbons (Fsp3) is 0.412. The smallest absolute Gasteiger partial charge is 0.274 e. The second kappa shape index (κ2) is 9.83. The minimum atomic E-state index is -0.562. The van der Waals surface area contributed by atoms with E-state index in [1.54, 1.807) is 7.05 Å². The molecule has 1 heterocycles. The molecule has 1 aromatic heterocycles. The Morgan fingerprint density at radius 1 is 1.28 bits per heavy atom. The molecule has 0 bridgehead atoms. The Kier molecular flexibility index (Phi) is 8.13. The van der Waals surface area contributed by atoms with Gasteiger partial charge in [0.15, 0.2) is 5.69 Å². The third-order valence-corrected chi connectivity index (χ3v) is 4.41. The molecule has 1 aromatic rings. The molecule has 7 nitrogen and oxygen atoms in total. The molecule has 0 saturated carbocycles. The molecule has 25 heavy (non-hydrogen) atoms. The minimum Gasteiger partial charge on any atom is -0.392 e. The molecule has 0 radical (unpaired) electrons. The monoisotopic (exact) mass is 365 g/mol. The predicted octanol–water partition coefficient (Wildman–Crippen LogP) is 2.57. The van der Waals surface area contributed by atoms with Crippen molar-refractivity contribution >= 4 is 29.2 Å². The third-order valence-electron chi connectivity index (χ3n) is 3.31. The van der Waals surface area contributed by atoms with Gasteiger partial charge in [-0.1, -0.05) is 25.6 Å². The van der Waals surface area contributed by atoms with Crippen LogP contribution in [0.2, 0.25) is 0 Å². The number of aromatic nitrogens is 1. The zero-order valence-electron chi connectivity index (χ0n) is 14.9. The summed E-state index contributed by atoms with van der Waals surface area (Å²) in [5, 5.41) is 8.87. The van der Waals surface area contributed by atoms with E-state index in [1.165, 1.54) is 24.9 Å². The summed E-state index contributed by atoms with van der Waals surface area (Å²) < 4.78 is 4.86. The van der Waals surface area contributed by atoms with Gasteiger partial charge in [0.2, 0.25) is 17.3 Å². The number of carbonyl (C=O) groups is 3. The molecule has 136 valence electrons. The van der Waals surface area contributed by atoms with Crippen molar-refractivity contribution in [1.82, 2.24) is 15.8 Å². The van der Waals surface area contributed by atoms with E-state index >= 15 is 0 Å². The average Bonchev–Trinajstić information content (AvgIpc) is 3.09. The lowest BCUT2D eigenvalue weighted by Gasteiger charge is -2.11. The number of nitrogens with zero attached hydrogens (tertiary/aromatic N) is 1. The molecule has 0 aromatic carbocycles. The van der Waals surface area contributed by atoms with Crippen LogP contribution in [0.3, 0.4) is 0 Å². The van der Waals surface area contributed by atoms with Crippen molar-refractivity contribution in [2.75, 3.05) is 19.8 Å². The van der Waals surface area contributed by atoms with Crippen LogP contribution in [-0.2, 0) is 0 Å². The van der Waals surface area contributed by atoms with E-state index < -0.39 is 17.5 Å². The fourth-order valence-electron chi connectivity index (χ4n) is 2.02. The van der Waals surface area contributed by atoms with E-state index in [9.17, 15) is 14.4 Å². The average molecular weight is 365 g/mol. The molecule has 1 aliphatic carbocycles. The summed E-state index contributed by atoms with van der Waals surface area (Å²) in [6.45, 7) is 7.83. The van der Waals surface area contributed by atoms with Gasteiger partial charge >= 0.3 is 0 Å². The van der Waals surface area contributed by atoms with E-state index in [1.807, 2.05) is 13.8 Å². The lowest BCUT2D eigenvalue weighted by atomic mass is 10.00. The summed E-state index contributed by atoms with van der Waals surface area (Å²) in [5.74, 6) is -0.947. The van der Waals surface area contributed by atoms with Gasteiger partial charge in [0.25, 0.3) is 5.91 Å². The lowest BCUT2D eigenvalue weighted by molar-refractivity contribution is 0.0944. The van der Waals surface area contributed by atoms with Crippen LogP contribution in [0.15, 0.2) is 27.8 Å². The van der Waals surface area contributed by atoms with E-state index in [0.29, 0.717) is 10.7 Å². The summed E-state index contributed by atoms with van der Waals surface area (Å²) in [6, 6.07) is 0. The first-order valence-corrected chi connectivity index (χ1v) is 8.99. The molecule has 8 heteroatoms. The van der Waals surface area contributed by atoms with Crippen LogP contribution in [0.5, 0.6) is 0 Å². The normalized spacial score (nSPS) is 12.6. The number of Topliss-reactive ketones (excluding diaryl/α,β-unsaturated/α-hetero) is 1. The van der Waals surface area contributed by atoms with Crippen LogP contribution in [0.1, 0.15) is 58.1 Å². The zero-order chi connectivity index (χ0) is 19.0. The number of rotatable bonds is 7. The number of fused-ring (bicyclic) bond motifs is 1. The Balaban J connectivity index is 0.00000151. The maximum atomic E-state index is 12.5. The SMILES string of the molecule is C=C(CCCSC1=CC(=O)c2onc(C(=O)NC)c2C1=O)NC.CC. The van der Waals surface area contributed by atoms with Crippen LogP contribution in [0, 0.1) is 0 Å². The van der Waals surface area contributed by atoms with Gasteiger partial charge in [-0.15, -0.1) is 11.8 Å². The van der Waals surface area contributed by atoms with Gasteiger partial charge in [-0.3, -0.25) is 14.4 Å². The van der Waals surface area contributed by atoms with Crippen LogP contribution in [-0.4, -0.2) is 42.5 Å². The highest BCUT2D eigenvalue weighted by Crippen LogP contribution is 2.31. The number of hydrogen-bond donors (Lipinski definition) is 2. The fourth-order valence-corrected chi connectivity index (χ4v) is 2.95. The third kappa shape index (κ3) is 4.82. The molecule has 0 saturated heterocycles. The quantitative estimate of drug-likeness (QED) is 0.716. The minimum absolute atomic E-state index is 0.0565. The topological polar surface area (TPSA) is 101 Å². The molecule has 1 amide bonds. The lowest BCUT2D eigenvalue weighted by Crippen LogP contribution is -2.23. The Morgan fingerprint density at radius 2 is 1.96 bits per heavy atom. The predicted molar refractivity (Wildman–Crippen MR) is 97.9 cm³/mol. The van der Waals surface area contributed by atoms with Gasteiger partial charge in [-0.2, -0.15) is 0 Å². The molecule has 2 N–H and O–H groups in total. The summed E-state index contributed by atoms with van der Waals surface area (Å²) >= 11 is 1.28. The number of nitrogens with one attached hydrogen (secondary N) is 2. The van der Waals surface area contributed by atoms with Gasteiger partial charge in [0, 0.05) is 25.9 Å². The van der Waals surface area contributed by atoms with Gasteiger partial charge in [0.1, 0.15) is 5.56 Å². The highest BCUT2D eigenvalue weighted by atomic mass is 32.2. The summed E-state index contributed by atoms with van der Waals surface area (Å²) in [6.07, 6.45) is 2.82. The van der Waals surface area contributed by atoms with Crippen molar-refractivity contribution in [2.45, 2.75) is 26.7 Å². The molecular weight excluding hydrogens is 342 g/mol. The second-order valence-corrected chi connectivity index (χ2v) is 5.96. The van der Waals surface area contributed by atoms with Crippen LogP contribution in [0.25, 0.3) is 0 Å². The van der Waals surface area contributed by atoms with Crippen molar-refractivity contribution in [3.8, 4) is 0 Å². The van der Waals surface area contributed by atoms with E-state index in [0.717, 1.165) is 18.5 Å². The van der Waals surface area contributed by atoms with Gasteiger partial charge in [-0.05, 0) is 18.6 Å². The second-order valence-electron chi connectivity index (χ2n) is 4.82. The summed E-state index contributed by atoms with van der Waals surface area (Å²) in [7, 11) is 3.22. The van der Waals surface area contributed by atoms with Gasteiger partial charge in [0.05, 0.1) is 4.91 Å². The van der Waals surface area contributed by atoms with Crippen molar-refractivity contribution in [3.05, 3.63) is 40.3 Å². The first-order valence-electron chi connectivity index (χ1n) is 8.00. The Hall–Kier alpha value is -2.35. The number of allylic oxidation sites excluding steroid dienone is 3. The van der Waals surface area contributed by atoms with Crippen molar-refractivity contribution in [1.29, 1.82) is 0 Å². The number of ketones is 2. The first kappa shape index (κ1) is 20.7. The van der Waals surface area contributed by atoms with Crippen molar-refractivity contribution in [3.63, 3.8) is 0 Å². The molecule has 0 fully saturated rings. The largest absolute Gasteiger partial charge is 0.392 e. The Bertz CT molecular complexity index is 707. The van der Waals surface area contributed by atoms with Crippen LogP contribution in [0.4, 0.5) is 0 Å². The molecule has 1 aliphatic rings. The van der Waals surface area contributed by atoms with E-state index in [2.05, 4.69) is 22.4 Å². The van der Waals surface area contributed by atoms with Gasteiger partial charge in [-0.25, -0.2) is 0 Å². The molecule has 0 atom stereocenters. The van der Waals surface area contributed by atoms with Crippen LogP contribution >= 0.6 is 11.8 Å². The van der Waals surface area contributed by atoms with Gasteiger partial charge < -0.3 is 15.2 Å². The first-order chi connectivity index (χ1) is 12.0. The number of thioether (sulfide) groups is 1. The number of hydrogen-bond acceptors (Lipinski definition) is 7. The molecule has 2 rings (SSSR count). The highest BCUT2D eigenvalue weighted by molar-refractivity contribution is 8.04. The van der Waals surface area contributed by atoms with Crippen molar-refractivity contribution < 1.29 is 18.9 Å². The van der Waals surface area contributed by atoms with Crippen LogP contribution < -0.4 is 10.6 Å². The summed E-state index contributed by atoms with van der Waals surface area (Å²) in [5.41, 5.74) is 0.698. The molecule has 0 unspecified atom stereocenters. The molecular formula is C17H23N3O4S. The standard InChI is InChI=1S/C15H17N3O4S.C2H6/c1-8(16-2)5-4-6-23-10-7-9(19)14-11(13(10)20)12(18-22-14)15(21)17-3;1-2/h7,16H,1,4-6H2,2-3H3,(H,17,21);1-2H3. The van der Waals surface area contributed by atoms with Crippen molar-refractivity contribution in [2.24, 2.45) is 0 Å². The summed E-state index contributed by atoms with van der Waals surface area (Å²) in [4.78, 5) is 36.5. The maximum Gasteiger partial charge on any atom is 0.274 e. The molecule has 0 spiro atoms. The van der Waals surface area contributed by atoms with E-state index in [-0.39, 0.29) is 17.0 Å². The molecule has 0 aliphatic heterocycles. The number of carbonyl (C=O) groups excluding carboxylic acids is 3. The number of amides is 1. The highest BCUT2D eigenvalue weighted by Gasteiger charge is 2.35. The zero-order valence-corrected chi connectivity index (χ0v) is 15.7. The maximum absolute atomic E-state index is 12.5. The Labute approximate surface area is 151 Å². The van der Waals surface area contributed by atoms with E-state index in [4.69, 9.17) is 4.52 Å².